The van der Waals surface area contributed by atoms with Crippen LogP contribution in [0.4, 0.5) is 18.0 Å². The molecule has 8 heteroatoms. The van der Waals surface area contributed by atoms with Gasteiger partial charge in [-0.05, 0) is 25.2 Å². The van der Waals surface area contributed by atoms with Gasteiger partial charge in [-0.3, -0.25) is 9.69 Å². The fourth-order valence-corrected chi connectivity index (χ4v) is 2.36. The van der Waals surface area contributed by atoms with Crippen LogP contribution in [0.5, 0.6) is 0 Å². The highest BCUT2D eigenvalue weighted by molar-refractivity contribution is 5.68. The summed E-state index contributed by atoms with van der Waals surface area (Å²) < 4.78 is 43.5. The molecule has 1 aliphatic rings. The van der Waals surface area contributed by atoms with Crippen LogP contribution in [0.25, 0.3) is 0 Å². The summed E-state index contributed by atoms with van der Waals surface area (Å²) in [5.74, 6) is -1.27. The van der Waals surface area contributed by atoms with E-state index in [2.05, 4.69) is 11.3 Å². The van der Waals surface area contributed by atoms with Gasteiger partial charge in [-0.2, -0.15) is 13.2 Å². The first-order valence-electron chi connectivity index (χ1n) is 6.58. The Morgan fingerprint density at radius 1 is 1.38 bits per heavy atom. The third kappa shape index (κ3) is 5.28. The van der Waals surface area contributed by atoms with Gasteiger partial charge in [-0.1, -0.05) is 12.7 Å². The number of carboxylic acids is 1. The van der Waals surface area contributed by atoms with Gasteiger partial charge in [0, 0.05) is 13.0 Å². The average molecular weight is 309 g/mol. The number of hydrogen-bond donors (Lipinski definition) is 1. The molecule has 1 rings (SSSR count). The van der Waals surface area contributed by atoms with Gasteiger partial charge in [0.15, 0.2) is 0 Å². The highest BCUT2D eigenvalue weighted by Crippen LogP contribution is 2.35. The third-order valence-electron chi connectivity index (χ3n) is 3.38. The van der Waals surface area contributed by atoms with Crippen molar-refractivity contribution in [3.8, 4) is 0 Å². The molecule has 0 aromatic heterocycles. The number of amides is 1. The Morgan fingerprint density at radius 2 is 2.05 bits per heavy atom. The van der Waals surface area contributed by atoms with Gasteiger partial charge < -0.3 is 9.84 Å². The molecule has 1 saturated heterocycles. The van der Waals surface area contributed by atoms with Crippen molar-refractivity contribution < 1.29 is 32.6 Å². The van der Waals surface area contributed by atoms with Crippen LogP contribution in [0.15, 0.2) is 12.7 Å². The molecule has 21 heavy (non-hydrogen) atoms. The molecule has 2 atom stereocenters. The van der Waals surface area contributed by atoms with Crippen molar-refractivity contribution in [2.75, 3.05) is 13.2 Å². The lowest BCUT2D eigenvalue weighted by molar-refractivity contribution is -0.189. The minimum atomic E-state index is -4.52. The highest BCUT2D eigenvalue weighted by atomic mass is 19.4. The fraction of sp³-hybridized carbons (Fsp3) is 0.692. The molecule has 120 valence electrons. The second-order valence-electron chi connectivity index (χ2n) is 4.95. The van der Waals surface area contributed by atoms with E-state index < -0.39 is 24.3 Å². The smallest absolute Gasteiger partial charge is 0.410 e. The summed E-state index contributed by atoms with van der Waals surface area (Å²) in [6.07, 6.45) is -4.18. The zero-order valence-electron chi connectivity index (χ0n) is 11.4. The normalized spacial score (nSPS) is 22.7. The monoisotopic (exact) mass is 309 g/mol. The van der Waals surface area contributed by atoms with Crippen LogP contribution in [-0.2, 0) is 9.53 Å². The van der Waals surface area contributed by atoms with Crippen LogP contribution in [0, 0.1) is 5.92 Å². The first kappa shape index (κ1) is 17.3. The largest absolute Gasteiger partial charge is 0.481 e. The van der Waals surface area contributed by atoms with E-state index in [-0.39, 0.29) is 44.8 Å². The molecular weight excluding hydrogens is 291 g/mol. The van der Waals surface area contributed by atoms with Crippen molar-refractivity contribution in [1.82, 2.24) is 4.90 Å². The van der Waals surface area contributed by atoms with Gasteiger partial charge in [0.1, 0.15) is 12.6 Å². The topological polar surface area (TPSA) is 66.8 Å². The molecule has 1 heterocycles. The SMILES string of the molecule is C=CCOC(=O)N1CC(CCC(=O)O)CCC1C(F)(F)F. The molecule has 2 unspecified atom stereocenters. The summed E-state index contributed by atoms with van der Waals surface area (Å²) >= 11 is 0. The Kier molecular flexibility index (Phi) is 6.04. The number of hydrogen-bond acceptors (Lipinski definition) is 3. The molecule has 5 nitrogen and oxygen atoms in total. The van der Waals surface area contributed by atoms with Gasteiger partial charge in [0.2, 0.25) is 0 Å². The maximum Gasteiger partial charge on any atom is 0.410 e. The average Bonchev–Trinajstić information content (AvgIpc) is 2.41. The molecule has 0 saturated carbocycles. The maximum absolute atomic E-state index is 13.0. The predicted octanol–water partition coefficient (Wildman–Crippen LogP) is 2.82. The molecule has 0 aromatic rings. The standard InChI is InChI=1S/C13H18F3NO4/c1-2-7-21-12(20)17-8-9(4-6-11(18)19)3-5-10(17)13(14,15)16/h2,9-10H,1,3-8H2,(H,18,19). The van der Waals surface area contributed by atoms with Crippen LogP contribution in [0.3, 0.4) is 0 Å². The molecule has 1 aliphatic heterocycles. The quantitative estimate of drug-likeness (QED) is 0.793. The van der Waals surface area contributed by atoms with Crippen molar-refractivity contribution in [2.45, 2.75) is 37.9 Å². The third-order valence-corrected chi connectivity index (χ3v) is 3.38. The van der Waals surface area contributed by atoms with E-state index in [0.717, 1.165) is 0 Å². The molecule has 0 aromatic carbocycles. The summed E-state index contributed by atoms with van der Waals surface area (Å²) in [6, 6.07) is -1.88. The number of nitrogens with zero attached hydrogens (tertiary/aromatic N) is 1. The van der Waals surface area contributed by atoms with Gasteiger partial charge >= 0.3 is 18.2 Å². The lowest BCUT2D eigenvalue weighted by Gasteiger charge is -2.39. The Bertz CT molecular complexity index is 397. The highest BCUT2D eigenvalue weighted by Gasteiger charge is 2.48. The fourth-order valence-electron chi connectivity index (χ4n) is 2.36. The molecule has 0 spiro atoms. The molecule has 0 aliphatic carbocycles. The number of halogens is 3. The summed E-state index contributed by atoms with van der Waals surface area (Å²) in [6.45, 7) is 3.01. The number of carbonyl (C=O) groups is 2. The van der Waals surface area contributed by atoms with E-state index in [1.807, 2.05) is 0 Å². The number of carboxylic acid groups (broad SMARTS) is 1. The zero-order valence-corrected chi connectivity index (χ0v) is 11.4. The lowest BCUT2D eigenvalue weighted by Crippen LogP contribution is -2.53. The van der Waals surface area contributed by atoms with Gasteiger partial charge in [0.05, 0.1) is 0 Å². The van der Waals surface area contributed by atoms with E-state index in [0.29, 0.717) is 4.90 Å². The second-order valence-corrected chi connectivity index (χ2v) is 4.95. The maximum atomic E-state index is 13.0. The number of aliphatic carboxylic acids is 1. The summed E-state index contributed by atoms with van der Waals surface area (Å²) in [4.78, 5) is 22.9. The van der Waals surface area contributed by atoms with E-state index >= 15 is 0 Å². The molecule has 0 bridgehead atoms. The predicted molar refractivity (Wildman–Crippen MR) is 67.7 cm³/mol. The Hall–Kier alpha value is -1.73. The summed E-state index contributed by atoms with van der Waals surface area (Å²) in [7, 11) is 0. The first-order chi connectivity index (χ1) is 9.75. The number of alkyl halides is 3. The number of rotatable bonds is 5. The molecule has 1 amide bonds. The summed E-state index contributed by atoms with van der Waals surface area (Å²) in [5, 5.41) is 8.62. The Labute approximate surface area is 120 Å². The first-order valence-corrected chi connectivity index (χ1v) is 6.58. The number of ether oxygens (including phenoxy) is 1. The number of piperidine rings is 1. The molecular formula is C13H18F3NO4. The molecule has 1 fully saturated rings. The van der Waals surface area contributed by atoms with Crippen molar-refractivity contribution >= 4 is 12.1 Å². The van der Waals surface area contributed by atoms with Crippen LogP contribution in [-0.4, -0.2) is 47.4 Å². The van der Waals surface area contributed by atoms with Crippen LogP contribution in [0.1, 0.15) is 25.7 Å². The molecule has 0 radical (unpaired) electrons. The second kappa shape index (κ2) is 7.33. The van der Waals surface area contributed by atoms with E-state index in [1.54, 1.807) is 0 Å². The van der Waals surface area contributed by atoms with Crippen molar-refractivity contribution in [3.05, 3.63) is 12.7 Å². The van der Waals surface area contributed by atoms with E-state index in [9.17, 15) is 22.8 Å². The van der Waals surface area contributed by atoms with Crippen molar-refractivity contribution in [2.24, 2.45) is 5.92 Å². The Balaban J connectivity index is 2.74. The molecule has 1 N–H and O–H groups in total. The van der Waals surface area contributed by atoms with Crippen LogP contribution in [0.2, 0.25) is 0 Å². The van der Waals surface area contributed by atoms with Gasteiger partial charge in [-0.25, -0.2) is 4.79 Å². The van der Waals surface area contributed by atoms with Crippen LogP contribution >= 0.6 is 0 Å². The zero-order chi connectivity index (χ0) is 16.0. The van der Waals surface area contributed by atoms with Gasteiger partial charge in [0.25, 0.3) is 0 Å². The number of carbonyl (C=O) groups excluding carboxylic acids is 1. The lowest BCUT2D eigenvalue weighted by atomic mass is 9.89. The summed E-state index contributed by atoms with van der Waals surface area (Å²) in [5.41, 5.74) is 0. The van der Waals surface area contributed by atoms with Crippen molar-refractivity contribution in [3.63, 3.8) is 0 Å². The van der Waals surface area contributed by atoms with Crippen molar-refractivity contribution in [1.29, 1.82) is 0 Å². The minimum Gasteiger partial charge on any atom is -0.481 e. The minimum absolute atomic E-state index is 0.128. The van der Waals surface area contributed by atoms with E-state index in [1.165, 1.54) is 6.08 Å². The van der Waals surface area contributed by atoms with Gasteiger partial charge in [-0.15, -0.1) is 0 Å². The Morgan fingerprint density at radius 3 is 2.57 bits per heavy atom. The van der Waals surface area contributed by atoms with E-state index in [4.69, 9.17) is 5.11 Å². The van der Waals surface area contributed by atoms with Crippen LogP contribution < -0.4 is 0 Å². The number of likely N-dealkylation sites (tertiary alicyclic amines) is 1.